The van der Waals surface area contributed by atoms with Gasteiger partial charge in [0.05, 0.1) is 10.6 Å². The first-order valence-corrected chi connectivity index (χ1v) is 9.05. The summed E-state index contributed by atoms with van der Waals surface area (Å²) in [5.41, 5.74) is 0.440. The van der Waals surface area contributed by atoms with Crippen molar-refractivity contribution in [3.05, 3.63) is 29.8 Å². The molecule has 9 heteroatoms. The van der Waals surface area contributed by atoms with Crippen LogP contribution in [0.5, 0.6) is 0 Å². The van der Waals surface area contributed by atoms with Crippen molar-refractivity contribution in [2.45, 2.75) is 4.90 Å². The molecule has 1 rings (SSSR count). The second-order valence-electron chi connectivity index (χ2n) is 3.91. The van der Waals surface area contributed by atoms with Crippen molar-refractivity contribution in [2.75, 3.05) is 26.0 Å². The molecule has 0 fully saturated rings. The van der Waals surface area contributed by atoms with Gasteiger partial charge in [0.25, 0.3) is 0 Å². The number of sulfonamides is 2. The Morgan fingerprint density at radius 1 is 1.24 bits per heavy atom. The van der Waals surface area contributed by atoms with E-state index in [1.54, 1.807) is 6.07 Å². The molecule has 0 heterocycles. The van der Waals surface area contributed by atoms with Crippen LogP contribution in [-0.4, -0.2) is 47.9 Å². The number of benzene rings is 1. The maximum absolute atomic E-state index is 12.0. The summed E-state index contributed by atoms with van der Waals surface area (Å²) < 4.78 is 50.7. The molecule has 0 amide bonds. The maximum atomic E-state index is 12.0. The first-order valence-electron chi connectivity index (χ1n) is 5.91. The average Bonchev–Trinajstić information content (AvgIpc) is 2.45. The number of nitrogens with one attached hydrogen (secondary N) is 2. The fraction of sp³-hybridized carbons (Fsp3) is 0.333. The highest BCUT2D eigenvalue weighted by Crippen LogP contribution is 2.10. The Morgan fingerprint density at radius 2 is 1.95 bits per heavy atom. The second-order valence-corrected chi connectivity index (χ2v) is 7.72. The van der Waals surface area contributed by atoms with Gasteiger partial charge in [-0.15, -0.1) is 0 Å². The van der Waals surface area contributed by atoms with Crippen molar-refractivity contribution < 1.29 is 21.9 Å². The molecule has 0 aliphatic rings. The fourth-order valence-electron chi connectivity index (χ4n) is 1.38. The Bertz CT molecular complexity index is 745. The van der Waals surface area contributed by atoms with Gasteiger partial charge >= 0.3 is 0 Å². The third kappa shape index (κ3) is 5.82. The number of hydrogen-bond acceptors (Lipinski definition) is 5. The van der Waals surface area contributed by atoms with Gasteiger partial charge in [0.2, 0.25) is 20.0 Å². The van der Waals surface area contributed by atoms with Crippen molar-refractivity contribution in [3.63, 3.8) is 0 Å². The molecule has 21 heavy (non-hydrogen) atoms. The van der Waals surface area contributed by atoms with Gasteiger partial charge in [0, 0.05) is 12.1 Å². The molecule has 1 aromatic rings. The molecule has 0 unspecified atom stereocenters. The molecule has 7 nitrogen and oxygen atoms in total. The van der Waals surface area contributed by atoms with Crippen LogP contribution in [0.1, 0.15) is 5.56 Å². The minimum absolute atomic E-state index is 0.0194. The third-order valence-electron chi connectivity index (χ3n) is 2.43. The average molecular weight is 332 g/mol. The monoisotopic (exact) mass is 332 g/mol. The van der Waals surface area contributed by atoms with Crippen LogP contribution in [0.15, 0.2) is 29.2 Å². The van der Waals surface area contributed by atoms with Crippen LogP contribution in [0.25, 0.3) is 0 Å². The molecule has 0 bridgehead atoms. The predicted molar refractivity (Wildman–Crippen MR) is 78.4 cm³/mol. The summed E-state index contributed by atoms with van der Waals surface area (Å²) in [6.07, 6.45) is 0. The zero-order valence-corrected chi connectivity index (χ0v) is 13.0. The van der Waals surface area contributed by atoms with Crippen molar-refractivity contribution >= 4 is 20.0 Å². The third-order valence-corrected chi connectivity index (χ3v) is 5.25. The summed E-state index contributed by atoms with van der Waals surface area (Å²) in [5, 5.41) is 8.61. The second kappa shape index (κ2) is 7.53. The molecule has 0 aromatic heterocycles. The van der Waals surface area contributed by atoms with Gasteiger partial charge < -0.3 is 5.11 Å². The summed E-state index contributed by atoms with van der Waals surface area (Å²) in [5.74, 6) is 4.66. The lowest BCUT2D eigenvalue weighted by Gasteiger charge is -2.07. The highest BCUT2D eigenvalue weighted by atomic mass is 32.2. The summed E-state index contributed by atoms with van der Waals surface area (Å²) in [6, 6.07) is 5.84. The molecule has 0 saturated carbocycles. The Hall–Kier alpha value is -1.44. The standard InChI is InChI=1S/C12H16N2O5S2/c1-13-20(16,17)9-7-14-21(18,19)12-6-2-4-11(10-12)5-3-8-15/h2,4,6,10,13-15H,7-9H2,1H3. The van der Waals surface area contributed by atoms with E-state index in [9.17, 15) is 16.8 Å². The Balaban J connectivity index is 2.84. The largest absolute Gasteiger partial charge is 0.384 e. The lowest BCUT2D eigenvalue weighted by molar-refractivity contribution is 0.350. The van der Waals surface area contributed by atoms with E-state index in [0.29, 0.717) is 5.56 Å². The highest BCUT2D eigenvalue weighted by Gasteiger charge is 2.15. The van der Waals surface area contributed by atoms with Crippen LogP contribution >= 0.6 is 0 Å². The number of aliphatic hydroxyl groups excluding tert-OH is 1. The zero-order chi connectivity index (χ0) is 15.9. The summed E-state index contributed by atoms with van der Waals surface area (Å²) in [4.78, 5) is -0.0194. The highest BCUT2D eigenvalue weighted by molar-refractivity contribution is 7.90. The van der Waals surface area contributed by atoms with E-state index in [1.807, 2.05) is 0 Å². The van der Waals surface area contributed by atoms with E-state index in [-0.39, 0.29) is 23.8 Å². The summed E-state index contributed by atoms with van der Waals surface area (Å²) in [6.45, 7) is -0.560. The van der Waals surface area contributed by atoms with Gasteiger partial charge in [0.15, 0.2) is 0 Å². The van der Waals surface area contributed by atoms with Crippen molar-refractivity contribution in [3.8, 4) is 11.8 Å². The van der Waals surface area contributed by atoms with Crippen LogP contribution in [0.4, 0.5) is 0 Å². The maximum Gasteiger partial charge on any atom is 0.240 e. The smallest absolute Gasteiger partial charge is 0.240 e. The molecule has 0 aliphatic heterocycles. The lowest BCUT2D eigenvalue weighted by atomic mass is 10.2. The van der Waals surface area contributed by atoms with Gasteiger partial charge in [-0.25, -0.2) is 26.3 Å². The predicted octanol–water partition coefficient (Wildman–Crippen LogP) is -1.14. The number of rotatable bonds is 6. The van der Waals surface area contributed by atoms with Gasteiger partial charge in [-0.3, -0.25) is 0 Å². The van der Waals surface area contributed by atoms with E-state index in [0.717, 1.165) is 0 Å². The molecule has 116 valence electrons. The molecule has 0 saturated heterocycles. The molecule has 3 N–H and O–H groups in total. The van der Waals surface area contributed by atoms with Crippen LogP contribution in [0.3, 0.4) is 0 Å². The molecule has 0 atom stereocenters. The first-order chi connectivity index (χ1) is 9.80. The number of hydrogen-bond donors (Lipinski definition) is 3. The van der Waals surface area contributed by atoms with Crippen molar-refractivity contribution in [1.82, 2.24) is 9.44 Å². The Kier molecular flexibility index (Phi) is 6.32. The molecular weight excluding hydrogens is 316 g/mol. The van der Waals surface area contributed by atoms with Gasteiger partial charge in [-0.05, 0) is 25.2 Å². The van der Waals surface area contributed by atoms with Crippen molar-refractivity contribution in [2.24, 2.45) is 0 Å². The normalized spacial score (nSPS) is 11.7. The van der Waals surface area contributed by atoms with Gasteiger partial charge in [-0.2, -0.15) is 0 Å². The Labute approximate surface area is 124 Å². The molecule has 0 aliphatic carbocycles. The van der Waals surface area contributed by atoms with Crippen molar-refractivity contribution in [1.29, 1.82) is 0 Å². The van der Waals surface area contributed by atoms with E-state index in [1.165, 1.54) is 25.2 Å². The molecule has 0 spiro atoms. The number of aliphatic hydroxyl groups is 1. The zero-order valence-electron chi connectivity index (χ0n) is 11.3. The summed E-state index contributed by atoms with van der Waals surface area (Å²) >= 11 is 0. The van der Waals surface area contributed by atoms with Crippen LogP contribution in [0.2, 0.25) is 0 Å². The van der Waals surface area contributed by atoms with Gasteiger partial charge in [0.1, 0.15) is 6.61 Å². The SMILES string of the molecule is CNS(=O)(=O)CCNS(=O)(=O)c1cccc(C#CCO)c1. The quantitative estimate of drug-likeness (QED) is 0.570. The molecular formula is C12H16N2O5S2. The van der Waals surface area contributed by atoms with Crippen LogP contribution < -0.4 is 9.44 Å². The lowest BCUT2D eigenvalue weighted by Crippen LogP contribution is -2.33. The first kappa shape index (κ1) is 17.6. The van der Waals surface area contributed by atoms with E-state index in [2.05, 4.69) is 21.3 Å². The van der Waals surface area contributed by atoms with E-state index < -0.39 is 20.0 Å². The topological polar surface area (TPSA) is 113 Å². The fourth-order valence-corrected chi connectivity index (χ4v) is 3.16. The Morgan fingerprint density at radius 3 is 2.57 bits per heavy atom. The van der Waals surface area contributed by atoms with E-state index in [4.69, 9.17) is 5.11 Å². The molecule has 0 radical (unpaired) electrons. The van der Waals surface area contributed by atoms with Crippen LogP contribution in [0, 0.1) is 11.8 Å². The van der Waals surface area contributed by atoms with Crippen LogP contribution in [-0.2, 0) is 20.0 Å². The van der Waals surface area contributed by atoms with Gasteiger partial charge in [-0.1, -0.05) is 17.9 Å². The summed E-state index contributed by atoms with van der Waals surface area (Å²) in [7, 11) is -6.03. The minimum Gasteiger partial charge on any atom is -0.384 e. The molecule has 1 aromatic carbocycles. The minimum atomic E-state index is -3.81. The van der Waals surface area contributed by atoms with E-state index >= 15 is 0 Å².